The van der Waals surface area contributed by atoms with Crippen LogP contribution >= 0.6 is 0 Å². The number of hydrogen-bond acceptors (Lipinski definition) is 5. The van der Waals surface area contributed by atoms with Gasteiger partial charge in [-0.3, -0.25) is 9.59 Å². The van der Waals surface area contributed by atoms with Crippen molar-refractivity contribution in [1.29, 1.82) is 0 Å². The lowest BCUT2D eigenvalue weighted by atomic mass is 9.63. The predicted molar refractivity (Wildman–Crippen MR) is 121 cm³/mol. The number of carbonyl (C=O) groups excluding carboxylic acids is 2. The van der Waals surface area contributed by atoms with Crippen molar-refractivity contribution in [3.8, 4) is 0 Å². The predicted octanol–water partition coefficient (Wildman–Crippen LogP) is 2.88. The van der Waals surface area contributed by atoms with Crippen LogP contribution in [0.2, 0.25) is 0 Å². The fraction of sp³-hybridized carbons (Fsp3) is 0.360. The molecule has 0 radical (unpaired) electrons. The number of ether oxygens (including phenoxy) is 1. The van der Waals surface area contributed by atoms with Gasteiger partial charge in [-0.2, -0.15) is 0 Å². The van der Waals surface area contributed by atoms with Gasteiger partial charge < -0.3 is 18.8 Å². The van der Waals surface area contributed by atoms with Crippen LogP contribution in [0.4, 0.5) is 0 Å². The van der Waals surface area contributed by atoms with E-state index < -0.39 is 18.6 Å². The van der Waals surface area contributed by atoms with Crippen LogP contribution in [-0.4, -0.2) is 53.1 Å². The minimum atomic E-state index is -2.74. The van der Waals surface area contributed by atoms with E-state index in [-0.39, 0.29) is 35.4 Å². The van der Waals surface area contributed by atoms with Crippen LogP contribution < -0.4 is 0 Å². The van der Waals surface area contributed by atoms with Crippen LogP contribution in [0, 0.1) is 5.92 Å². The Labute approximate surface area is 188 Å². The summed E-state index contributed by atoms with van der Waals surface area (Å²) in [6.07, 6.45) is 4.30. The minimum absolute atomic E-state index is 0.0675. The van der Waals surface area contributed by atoms with Gasteiger partial charge >= 0.3 is 6.69 Å². The van der Waals surface area contributed by atoms with E-state index in [1.54, 1.807) is 12.1 Å². The number of quaternary nitrogens is 1. The van der Waals surface area contributed by atoms with Gasteiger partial charge in [-0.05, 0) is 30.4 Å². The van der Waals surface area contributed by atoms with E-state index in [0.717, 1.165) is 30.4 Å². The molecule has 2 aromatic rings. The molecule has 3 unspecified atom stereocenters. The van der Waals surface area contributed by atoms with Gasteiger partial charge in [-0.15, -0.1) is 5.98 Å². The van der Waals surface area contributed by atoms with E-state index in [4.69, 9.17) is 9.39 Å². The number of Topliss-reactive ketones (excluding diaryl/α,β-unsaturated/α-hetero) is 1. The highest BCUT2D eigenvalue weighted by molar-refractivity contribution is 6.67. The number of benzene rings is 2. The van der Waals surface area contributed by atoms with Crippen molar-refractivity contribution in [2.24, 2.45) is 5.92 Å². The van der Waals surface area contributed by atoms with Crippen molar-refractivity contribution >= 4 is 24.5 Å². The van der Waals surface area contributed by atoms with Gasteiger partial charge in [0.05, 0.1) is 19.2 Å². The highest BCUT2D eigenvalue weighted by Crippen LogP contribution is 2.44. The van der Waals surface area contributed by atoms with Gasteiger partial charge in [0, 0.05) is 0 Å². The van der Waals surface area contributed by atoms with E-state index in [2.05, 4.69) is 0 Å². The maximum Gasteiger partial charge on any atom is 0.549 e. The first kappa shape index (κ1) is 21.1. The zero-order chi connectivity index (χ0) is 22.2. The van der Waals surface area contributed by atoms with Crippen molar-refractivity contribution in [2.45, 2.75) is 38.0 Å². The Hall–Kier alpha value is -2.74. The lowest BCUT2D eigenvalue weighted by Crippen LogP contribution is -2.76. The summed E-state index contributed by atoms with van der Waals surface area (Å²) in [5, 5.41) is 11.8. The highest BCUT2D eigenvalue weighted by Gasteiger charge is 2.66. The highest BCUT2D eigenvalue weighted by atomic mass is 16.6. The average Bonchev–Trinajstić information content (AvgIpc) is 3.41. The molecule has 3 fully saturated rings. The molecule has 0 spiro atoms. The number of fused-ring (bicyclic) bond motifs is 2. The Morgan fingerprint density at radius 2 is 1.78 bits per heavy atom. The lowest BCUT2D eigenvalue weighted by Gasteiger charge is -2.58. The van der Waals surface area contributed by atoms with Crippen LogP contribution in [-0.2, 0) is 25.6 Å². The third kappa shape index (κ3) is 3.60. The third-order valence-electron chi connectivity index (χ3n) is 7.40. The molecule has 0 aromatic heterocycles. The van der Waals surface area contributed by atoms with Gasteiger partial charge in [-0.1, -0.05) is 66.7 Å². The van der Waals surface area contributed by atoms with Gasteiger partial charge in [0.15, 0.2) is 5.92 Å². The van der Waals surface area contributed by atoms with Gasteiger partial charge in [-0.25, -0.2) is 0 Å². The topological polar surface area (TPSA) is 72.8 Å². The summed E-state index contributed by atoms with van der Waals surface area (Å²) in [4.78, 5) is 25.4. The van der Waals surface area contributed by atoms with Crippen LogP contribution in [0.15, 0.2) is 66.6 Å². The van der Waals surface area contributed by atoms with Gasteiger partial charge in [0.25, 0.3) is 5.97 Å². The Kier molecular flexibility index (Phi) is 5.49. The molecule has 2 aliphatic heterocycles. The van der Waals surface area contributed by atoms with Gasteiger partial charge in [0.1, 0.15) is 12.6 Å². The minimum Gasteiger partial charge on any atom is -0.611 e. The smallest absolute Gasteiger partial charge is 0.549 e. The number of hydrogen-bond donors (Lipinski definition) is 1. The second-order valence-electron chi connectivity index (χ2n) is 9.26. The van der Waals surface area contributed by atoms with E-state index in [1.165, 1.54) is 0 Å². The fourth-order valence-corrected chi connectivity index (χ4v) is 5.76. The normalized spacial score (nSPS) is 34.2. The molecule has 2 heterocycles. The van der Waals surface area contributed by atoms with Crippen molar-refractivity contribution in [3.05, 3.63) is 77.8 Å². The molecular formula is C25H28BNO5. The largest absolute Gasteiger partial charge is 0.611 e. The summed E-state index contributed by atoms with van der Waals surface area (Å²) in [6.45, 7) is -1.89. The SMILES string of the molecule is O=C1C[N@+]2(C3CCC[C@@H]3OCc3ccccc3)CC1C(=O)O[B-]2(O)/C=C/c1ccccc1. The molecule has 32 heavy (non-hydrogen) atoms. The molecule has 2 aromatic carbocycles. The first-order valence-electron chi connectivity index (χ1n) is 11.4. The van der Waals surface area contributed by atoms with Gasteiger partial charge in [0.2, 0.25) is 5.78 Å². The molecular weight excluding hydrogens is 405 g/mol. The molecule has 7 heteroatoms. The zero-order valence-corrected chi connectivity index (χ0v) is 18.0. The molecule has 1 saturated carbocycles. The van der Waals surface area contributed by atoms with E-state index in [1.807, 2.05) is 60.7 Å². The molecule has 3 aliphatic rings. The monoisotopic (exact) mass is 433 g/mol. The van der Waals surface area contributed by atoms with Crippen LogP contribution in [0.5, 0.6) is 0 Å². The molecule has 5 rings (SSSR count). The van der Waals surface area contributed by atoms with Crippen molar-refractivity contribution < 1.29 is 28.4 Å². The molecule has 0 amide bonds. The average molecular weight is 433 g/mol. The Morgan fingerprint density at radius 1 is 1.06 bits per heavy atom. The van der Waals surface area contributed by atoms with E-state index in [9.17, 15) is 14.6 Å². The van der Waals surface area contributed by atoms with Crippen molar-refractivity contribution in [2.75, 3.05) is 13.1 Å². The van der Waals surface area contributed by atoms with Crippen LogP contribution in [0.25, 0.3) is 6.08 Å². The number of ketones is 1. The molecule has 6 nitrogen and oxygen atoms in total. The summed E-state index contributed by atoms with van der Waals surface area (Å²) in [7, 11) is 0. The molecule has 2 bridgehead atoms. The Balaban J connectivity index is 1.46. The standard InChI is InChI=1S/C25H28BNO5/c28-23-17-27(22-12-7-13-24(22)31-18-20-10-5-2-6-11-20)16-21(23)25(29)32-26(27,30)15-14-19-8-3-1-4-9-19/h1-6,8-11,14-15,21-22,24,30H,7,12-13,16-18H2/b15-14+/t21?,22?,24-,26?,27-/m0/s1. The molecule has 1 aliphatic carbocycles. The molecule has 2 saturated heterocycles. The summed E-state index contributed by atoms with van der Waals surface area (Å²) in [5.41, 5.74) is 1.98. The summed E-state index contributed by atoms with van der Waals surface area (Å²) < 4.78 is 12.1. The Bertz CT molecular complexity index is 1030. The lowest BCUT2D eigenvalue weighted by molar-refractivity contribution is -0.864. The summed E-state index contributed by atoms with van der Waals surface area (Å²) >= 11 is 0. The second-order valence-corrected chi connectivity index (χ2v) is 9.26. The second kappa shape index (κ2) is 8.32. The fourth-order valence-electron chi connectivity index (χ4n) is 5.76. The van der Waals surface area contributed by atoms with Crippen LogP contribution in [0.1, 0.15) is 30.4 Å². The molecule has 166 valence electrons. The van der Waals surface area contributed by atoms with Crippen molar-refractivity contribution in [3.63, 3.8) is 0 Å². The zero-order valence-electron chi connectivity index (χ0n) is 18.0. The maximum atomic E-state index is 12.8. The van der Waals surface area contributed by atoms with E-state index >= 15 is 0 Å². The van der Waals surface area contributed by atoms with Crippen LogP contribution in [0.3, 0.4) is 0 Å². The third-order valence-corrected chi connectivity index (χ3v) is 7.40. The maximum absolute atomic E-state index is 12.8. The number of rotatable bonds is 6. The van der Waals surface area contributed by atoms with E-state index in [0.29, 0.717) is 6.61 Å². The molecule has 1 N–H and O–H groups in total. The van der Waals surface area contributed by atoms with Crippen molar-refractivity contribution in [1.82, 2.24) is 0 Å². The summed E-state index contributed by atoms with van der Waals surface area (Å²) in [6, 6.07) is 19.5. The Morgan fingerprint density at radius 3 is 2.53 bits per heavy atom. The summed E-state index contributed by atoms with van der Waals surface area (Å²) in [5.74, 6) is 0.0581. The first-order chi connectivity index (χ1) is 15.5. The number of nitrogens with zero attached hydrogens (tertiary/aromatic N) is 1. The number of carbonyl (C=O) groups is 2. The molecule has 5 atom stereocenters. The quantitative estimate of drug-likeness (QED) is 0.561. The first-order valence-corrected chi connectivity index (χ1v) is 11.4.